The van der Waals surface area contributed by atoms with E-state index in [9.17, 15) is 8.42 Å². The maximum atomic E-state index is 11.2. The van der Waals surface area contributed by atoms with Crippen LogP contribution in [0.5, 0.6) is 0 Å². The van der Waals surface area contributed by atoms with Crippen LogP contribution in [-0.2, 0) is 10.0 Å². The minimum absolute atomic E-state index is 0.397. The highest BCUT2D eigenvalue weighted by molar-refractivity contribution is 7.92. The number of benzene rings is 1. The van der Waals surface area contributed by atoms with Gasteiger partial charge >= 0.3 is 0 Å². The lowest BCUT2D eigenvalue weighted by Crippen LogP contribution is -2.10. The van der Waals surface area contributed by atoms with Crippen molar-refractivity contribution in [2.75, 3.05) is 22.8 Å². The van der Waals surface area contributed by atoms with E-state index in [2.05, 4.69) is 17.0 Å². The van der Waals surface area contributed by atoms with Crippen molar-refractivity contribution in [1.29, 1.82) is 0 Å². The van der Waals surface area contributed by atoms with Crippen LogP contribution in [0.2, 0.25) is 5.02 Å². The van der Waals surface area contributed by atoms with Crippen LogP contribution >= 0.6 is 11.6 Å². The third-order valence-corrected chi connectivity index (χ3v) is 4.03. The fourth-order valence-corrected chi connectivity index (χ4v) is 2.91. The standard InChI is InChI=1S/C15H25ClN2O2S/c1-3-4-5-6-7-8-11-17-13-9-10-15(14(16)12-13)18-21(2,19)20/h9-10,12,17-18H,3-8,11H2,1-2H3. The lowest BCUT2D eigenvalue weighted by Gasteiger charge is -2.10. The zero-order valence-electron chi connectivity index (χ0n) is 12.8. The Balaban J connectivity index is 2.35. The van der Waals surface area contributed by atoms with Crippen LogP contribution in [0.15, 0.2) is 18.2 Å². The fraction of sp³-hybridized carbons (Fsp3) is 0.600. The van der Waals surface area contributed by atoms with Crippen molar-refractivity contribution in [3.63, 3.8) is 0 Å². The molecule has 0 atom stereocenters. The first-order chi connectivity index (χ1) is 9.92. The number of unbranched alkanes of at least 4 members (excludes halogenated alkanes) is 5. The lowest BCUT2D eigenvalue weighted by atomic mass is 10.1. The Kier molecular flexibility index (Phi) is 7.89. The highest BCUT2D eigenvalue weighted by Crippen LogP contribution is 2.26. The van der Waals surface area contributed by atoms with Crippen LogP contribution in [0.4, 0.5) is 11.4 Å². The maximum absolute atomic E-state index is 11.2. The van der Waals surface area contributed by atoms with E-state index >= 15 is 0 Å². The summed E-state index contributed by atoms with van der Waals surface area (Å²) in [5, 5.41) is 3.70. The molecular weight excluding hydrogens is 308 g/mol. The third kappa shape index (κ3) is 8.17. The molecule has 1 aromatic rings. The summed E-state index contributed by atoms with van der Waals surface area (Å²) in [6, 6.07) is 5.25. The summed E-state index contributed by atoms with van der Waals surface area (Å²) < 4.78 is 24.7. The third-order valence-electron chi connectivity index (χ3n) is 3.12. The first-order valence-electron chi connectivity index (χ1n) is 7.43. The van der Waals surface area contributed by atoms with Crippen molar-refractivity contribution in [3.05, 3.63) is 23.2 Å². The molecule has 4 nitrogen and oxygen atoms in total. The van der Waals surface area contributed by atoms with Crippen molar-refractivity contribution >= 4 is 33.0 Å². The molecule has 21 heavy (non-hydrogen) atoms. The van der Waals surface area contributed by atoms with E-state index in [0.717, 1.165) is 24.9 Å². The minimum Gasteiger partial charge on any atom is -0.385 e. The number of sulfonamides is 1. The summed E-state index contributed by atoms with van der Waals surface area (Å²) in [6.07, 6.45) is 8.65. The van der Waals surface area contributed by atoms with Crippen molar-refractivity contribution in [2.45, 2.75) is 45.4 Å². The normalized spacial score (nSPS) is 11.4. The van der Waals surface area contributed by atoms with Gasteiger partial charge in [0, 0.05) is 12.2 Å². The van der Waals surface area contributed by atoms with Gasteiger partial charge in [0.2, 0.25) is 10.0 Å². The van der Waals surface area contributed by atoms with Crippen molar-refractivity contribution < 1.29 is 8.42 Å². The van der Waals surface area contributed by atoms with E-state index in [1.165, 1.54) is 32.1 Å². The number of anilines is 2. The Morgan fingerprint density at radius 1 is 1.10 bits per heavy atom. The van der Waals surface area contributed by atoms with Gasteiger partial charge in [-0.3, -0.25) is 4.72 Å². The van der Waals surface area contributed by atoms with Gasteiger partial charge in [0.05, 0.1) is 17.0 Å². The second-order valence-corrected chi connectivity index (χ2v) is 7.42. The quantitative estimate of drug-likeness (QED) is 0.621. The highest BCUT2D eigenvalue weighted by Gasteiger charge is 2.06. The van der Waals surface area contributed by atoms with E-state index in [1.807, 2.05) is 6.07 Å². The van der Waals surface area contributed by atoms with Gasteiger partial charge < -0.3 is 5.32 Å². The Morgan fingerprint density at radius 3 is 2.38 bits per heavy atom. The molecule has 0 aromatic heterocycles. The molecule has 0 heterocycles. The van der Waals surface area contributed by atoms with Gasteiger partial charge in [-0.15, -0.1) is 0 Å². The predicted octanol–water partition coefficient (Wildman–Crippen LogP) is 4.48. The van der Waals surface area contributed by atoms with E-state index < -0.39 is 10.0 Å². The summed E-state index contributed by atoms with van der Waals surface area (Å²) in [7, 11) is -3.30. The largest absolute Gasteiger partial charge is 0.385 e. The monoisotopic (exact) mass is 332 g/mol. The number of halogens is 1. The van der Waals surface area contributed by atoms with Crippen LogP contribution in [0.3, 0.4) is 0 Å². The molecule has 1 rings (SSSR count). The second kappa shape index (κ2) is 9.15. The second-order valence-electron chi connectivity index (χ2n) is 5.26. The first kappa shape index (κ1) is 18.1. The van der Waals surface area contributed by atoms with E-state index in [-0.39, 0.29) is 0 Å². The molecule has 6 heteroatoms. The molecule has 0 saturated heterocycles. The Morgan fingerprint density at radius 2 is 1.76 bits per heavy atom. The molecule has 1 aromatic carbocycles. The minimum atomic E-state index is -3.30. The summed E-state index contributed by atoms with van der Waals surface area (Å²) in [6.45, 7) is 3.12. The van der Waals surface area contributed by atoms with Crippen molar-refractivity contribution in [1.82, 2.24) is 0 Å². The van der Waals surface area contributed by atoms with Gasteiger partial charge in [0.25, 0.3) is 0 Å². The number of rotatable bonds is 10. The molecule has 2 N–H and O–H groups in total. The Hall–Kier alpha value is -0.940. The van der Waals surface area contributed by atoms with E-state index in [4.69, 9.17) is 11.6 Å². The van der Waals surface area contributed by atoms with E-state index in [1.54, 1.807) is 12.1 Å². The van der Waals surface area contributed by atoms with Gasteiger partial charge in [0.1, 0.15) is 0 Å². The summed E-state index contributed by atoms with van der Waals surface area (Å²) >= 11 is 6.07. The van der Waals surface area contributed by atoms with Crippen molar-refractivity contribution in [2.24, 2.45) is 0 Å². The van der Waals surface area contributed by atoms with Gasteiger partial charge in [-0.2, -0.15) is 0 Å². The van der Waals surface area contributed by atoms with Gasteiger partial charge in [-0.05, 0) is 24.6 Å². The Labute approximate surface area is 133 Å². The maximum Gasteiger partial charge on any atom is 0.229 e. The average molecular weight is 333 g/mol. The molecule has 0 unspecified atom stereocenters. The Bertz CT molecular complexity index is 532. The molecule has 0 aliphatic heterocycles. The summed E-state index contributed by atoms with van der Waals surface area (Å²) in [4.78, 5) is 0. The molecule has 120 valence electrons. The molecule has 0 saturated carbocycles. The van der Waals surface area contributed by atoms with Crippen molar-refractivity contribution in [3.8, 4) is 0 Å². The number of nitrogens with one attached hydrogen (secondary N) is 2. The van der Waals surface area contributed by atoms with E-state index in [0.29, 0.717) is 10.7 Å². The number of hydrogen-bond acceptors (Lipinski definition) is 3. The molecule has 0 fully saturated rings. The molecule has 0 radical (unpaired) electrons. The smallest absolute Gasteiger partial charge is 0.229 e. The van der Waals surface area contributed by atoms with Crippen LogP contribution in [0.25, 0.3) is 0 Å². The summed E-state index contributed by atoms with van der Waals surface area (Å²) in [5.41, 5.74) is 1.32. The zero-order valence-corrected chi connectivity index (χ0v) is 14.4. The summed E-state index contributed by atoms with van der Waals surface area (Å²) in [5.74, 6) is 0. The van der Waals surface area contributed by atoms with Crippen LogP contribution < -0.4 is 10.0 Å². The molecular formula is C15H25ClN2O2S. The first-order valence-corrected chi connectivity index (χ1v) is 9.70. The molecule has 0 bridgehead atoms. The molecule has 0 amide bonds. The fourth-order valence-electron chi connectivity index (χ4n) is 2.05. The van der Waals surface area contributed by atoms with Crippen LogP contribution in [-0.4, -0.2) is 21.2 Å². The molecule has 0 aliphatic carbocycles. The average Bonchev–Trinajstić information content (AvgIpc) is 2.39. The van der Waals surface area contributed by atoms with Crippen LogP contribution in [0.1, 0.15) is 45.4 Å². The number of hydrogen-bond donors (Lipinski definition) is 2. The molecule has 0 aliphatic rings. The lowest BCUT2D eigenvalue weighted by molar-refractivity contribution is 0.607. The molecule has 0 spiro atoms. The van der Waals surface area contributed by atoms with Gasteiger partial charge in [-0.1, -0.05) is 50.6 Å². The zero-order chi connectivity index (χ0) is 15.7. The predicted molar refractivity (Wildman–Crippen MR) is 91.8 cm³/mol. The topological polar surface area (TPSA) is 58.2 Å². The van der Waals surface area contributed by atoms with Gasteiger partial charge in [-0.25, -0.2) is 8.42 Å². The van der Waals surface area contributed by atoms with Crippen LogP contribution in [0, 0.1) is 0 Å². The highest BCUT2D eigenvalue weighted by atomic mass is 35.5. The van der Waals surface area contributed by atoms with Gasteiger partial charge in [0.15, 0.2) is 0 Å². The SMILES string of the molecule is CCCCCCCCNc1ccc(NS(C)(=O)=O)c(Cl)c1.